The van der Waals surface area contributed by atoms with Crippen molar-refractivity contribution in [2.45, 2.75) is 19.4 Å². The Balaban J connectivity index is 1.53. The molecule has 3 heterocycles. The Hall–Kier alpha value is -2.41. The molecule has 0 aliphatic carbocycles. The number of imide groups is 1. The lowest BCUT2D eigenvalue weighted by Crippen LogP contribution is -2.39. The zero-order valence-corrected chi connectivity index (χ0v) is 12.5. The van der Waals surface area contributed by atoms with Gasteiger partial charge in [-0.05, 0) is 23.1 Å². The third-order valence-corrected chi connectivity index (χ3v) is 4.36. The zero-order chi connectivity index (χ0) is 15.5. The molecule has 7 heteroatoms. The van der Waals surface area contributed by atoms with Gasteiger partial charge in [0.25, 0.3) is 0 Å². The van der Waals surface area contributed by atoms with E-state index < -0.39 is 0 Å². The molecule has 3 rings (SSSR count). The normalized spacial score (nSPS) is 14.6. The molecule has 3 amide bonds. The van der Waals surface area contributed by atoms with Crippen molar-refractivity contribution >= 4 is 29.1 Å². The summed E-state index contributed by atoms with van der Waals surface area (Å²) in [5, 5.41) is 4.71. The number of furan rings is 1. The predicted octanol–water partition coefficient (Wildman–Crippen LogP) is 1.77. The quantitative estimate of drug-likeness (QED) is 0.852. The van der Waals surface area contributed by atoms with Crippen molar-refractivity contribution in [3.05, 3.63) is 34.9 Å². The van der Waals surface area contributed by atoms with E-state index in [9.17, 15) is 14.4 Å². The summed E-state index contributed by atoms with van der Waals surface area (Å²) in [6.07, 6.45) is 3.67. The minimum atomic E-state index is -0.332. The first kappa shape index (κ1) is 14.5. The maximum atomic E-state index is 11.8. The number of carbonyl (C=O) groups excluding carboxylic acids is 3. The highest BCUT2D eigenvalue weighted by molar-refractivity contribution is 7.10. The summed E-state index contributed by atoms with van der Waals surface area (Å²) < 4.78 is 5.04. The number of nitrogens with zero attached hydrogens (tertiary/aromatic N) is 1. The van der Waals surface area contributed by atoms with Crippen LogP contribution in [0.2, 0.25) is 0 Å². The number of thiophene rings is 1. The lowest BCUT2D eigenvalue weighted by Gasteiger charge is -2.12. The molecule has 1 saturated heterocycles. The number of carbonyl (C=O) groups is 3. The van der Waals surface area contributed by atoms with Crippen LogP contribution in [0.25, 0.3) is 11.1 Å². The standard InChI is InChI=1S/C15H14N2O4S/c18-13(7-17-14(19)1-2-15(17)20)16-6-12-5-11(9-22-12)10-3-4-21-8-10/h3-5,8-9H,1-2,6-7H2,(H,16,18). The molecule has 1 aliphatic heterocycles. The van der Waals surface area contributed by atoms with E-state index in [1.807, 2.05) is 17.5 Å². The molecular weight excluding hydrogens is 304 g/mol. The lowest BCUT2D eigenvalue weighted by molar-refractivity contribution is -0.142. The van der Waals surface area contributed by atoms with Gasteiger partial charge in [-0.15, -0.1) is 11.3 Å². The Kier molecular flexibility index (Phi) is 4.06. The molecule has 0 atom stereocenters. The largest absolute Gasteiger partial charge is 0.472 e. The summed E-state index contributed by atoms with van der Waals surface area (Å²) >= 11 is 1.53. The second-order valence-electron chi connectivity index (χ2n) is 4.96. The van der Waals surface area contributed by atoms with Crippen LogP contribution in [0.15, 0.2) is 34.5 Å². The van der Waals surface area contributed by atoms with E-state index in [1.165, 1.54) is 11.3 Å². The van der Waals surface area contributed by atoms with Crippen molar-refractivity contribution in [2.24, 2.45) is 0 Å². The van der Waals surface area contributed by atoms with Crippen molar-refractivity contribution in [3.63, 3.8) is 0 Å². The maximum absolute atomic E-state index is 11.8. The number of hydrogen-bond donors (Lipinski definition) is 1. The molecule has 2 aromatic rings. The third-order valence-electron chi connectivity index (χ3n) is 3.42. The number of nitrogens with one attached hydrogen (secondary N) is 1. The highest BCUT2D eigenvalue weighted by Gasteiger charge is 2.30. The van der Waals surface area contributed by atoms with Gasteiger partial charge in [0, 0.05) is 23.3 Å². The second kappa shape index (κ2) is 6.15. The topological polar surface area (TPSA) is 79.6 Å². The fourth-order valence-electron chi connectivity index (χ4n) is 2.24. The van der Waals surface area contributed by atoms with Crippen LogP contribution in [-0.2, 0) is 20.9 Å². The minimum absolute atomic E-state index is 0.197. The average Bonchev–Trinajstić information content (AvgIpc) is 3.22. The number of hydrogen-bond acceptors (Lipinski definition) is 5. The van der Waals surface area contributed by atoms with Crippen molar-refractivity contribution in [1.82, 2.24) is 10.2 Å². The molecular formula is C15H14N2O4S. The van der Waals surface area contributed by atoms with Gasteiger partial charge in [0.05, 0.1) is 19.1 Å². The van der Waals surface area contributed by atoms with E-state index in [0.29, 0.717) is 6.54 Å². The Morgan fingerprint density at radius 2 is 2.05 bits per heavy atom. The molecule has 1 N–H and O–H groups in total. The lowest BCUT2D eigenvalue weighted by atomic mass is 10.2. The summed E-state index contributed by atoms with van der Waals surface area (Å²) in [5.74, 6) is -0.890. The van der Waals surface area contributed by atoms with E-state index in [1.54, 1.807) is 12.5 Å². The maximum Gasteiger partial charge on any atom is 0.240 e. The Labute approximate surface area is 130 Å². The first-order valence-corrected chi connectivity index (χ1v) is 7.71. The SMILES string of the molecule is O=C(CN1C(=O)CCC1=O)NCc1cc(-c2ccoc2)cs1. The van der Waals surface area contributed by atoms with Crippen LogP contribution < -0.4 is 5.32 Å². The van der Waals surface area contributed by atoms with E-state index in [2.05, 4.69) is 5.32 Å². The van der Waals surface area contributed by atoms with Crippen molar-refractivity contribution < 1.29 is 18.8 Å². The Morgan fingerprint density at radius 1 is 1.27 bits per heavy atom. The van der Waals surface area contributed by atoms with Gasteiger partial charge in [0.15, 0.2) is 0 Å². The van der Waals surface area contributed by atoms with Crippen molar-refractivity contribution in [3.8, 4) is 11.1 Å². The smallest absolute Gasteiger partial charge is 0.240 e. The van der Waals surface area contributed by atoms with Gasteiger partial charge < -0.3 is 9.73 Å². The van der Waals surface area contributed by atoms with Crippen LogP contribution in [0.4, 0.5) is 0 Å². The first-order valence-electron chi connectivity index (χ1n) is 6.83. The highest BCUT2D eigenvalue weighted by Crippen LogP contribution is 2.25. The van der Waals surface area contributed by atoms with Crippen LogP contribution in [0.1, 0.15) is 17.7 Å². The monoisotopic (exact) mass is 318 g/mol. The van der Waals surface area contributed by atoms with Gasteiger partial charge >= 0.3 is 0 Å². The summed E-state index contributed by atoms with van der Waals surface area (Å²) in [5.41, 5.74) is 2.02. The minimum Gasteiger partial charge on any atom is -0.472 e. The molecule has 6 nitrogen and oxygen atoms in total. The summed E-state index contributed by atoms with van der Waals surface area (Å²) in [7, 11) is 0. The van der Waals surface area contributed by atoms with Crippen LogP contribution in [-0.4, -0.2) is 29.2 Å². The van der Waals surface area contributed by atoms with E-state index in [0.717, 1.165) is 20.9 Å². The van der Waals surface area contributed by atoms with Crippen molar-refractivity contribution in [1.29, 1.82) is 0 Å². The molecule has 0 aromatic carbocycles. The van der Waals surface area contributed by atoms with Gasteiger partial charge in [-0.2, -0.15) is 0 Å². The molecule has 1 fully saturated rings. The van der Waals surface area contributed by atoms with Crippen molar-refractivity contribution in [2.75, 3.05) is 6.54 Å². The zero-order valence-electron chi connectivity index (χ0n) is 11.7. The molecule has 0 bridgehead atoms. The van der Waals surface area contributed by atoms with E-state index in [-0.39, 0.29) is 37.1 Å². The second-order valence-corrected chi connectivity index (χ2v) is 5.96. The Bertz CT molecular complexity index is 689. The van der Waals surface area contributed by atoms with Gasteiger partial charge in [-0.25, -0.2) is 0 Å². The fraction of sp³-hybridized carbons (Fsp3) is 0.267. The van der Waals surface area contributed by atoms with Crippen LogP contribution >= 0.6 is 11.3 Å². The molecule has 0 spiro atoms. The van der Waals surface area contributed by atoms with Gasteiger partial charge in [-0.3, -0.25) is 19.3 Å². The number of amides is 3. The molecule has 22 heavy (non-hydrogen) atoms. The van der Waals surface area contributed by atoms with E-state index in [4.69, 9.17) is 4.42 Å². The highest BCUT2D eigenvalue weighted by atomic mass is 32.1. The van der Waals surface area contributed by atoms with Crippen LogP contribution in [0.3, 0.4) is 0 Å². The molecule has 0 unspecified atom stereocenters. The van der Waals surface area contributed by atoms with Gasteiger partial charge in [0.2, 0.25) is 17.7 Å². The average molecular weight is 318 g/mol. The van der Waals surface area contributed by atoms with Gasteiger partial charge in [0.1, 0.15) is 6.54 Å². The van der Waals surface area contributed by atoms with E-state index >= 15 is 0 Å². The van der Waals surface area contributed by atoms with Crippen LogP contribution in [0, 0.1) is 0 Å². The molecule has 0 radical (unpaired) electrons. The fourth-order valence-corrected chi connectivity index (χ4v) is 3.07. The van der Waals surface area contributed by atoms with Crippen LogP contribution in [0.5, 0.6) is 0 Å². The predicted molar refractivity (Wildman–Crippen MR) is 79.8 cm³/mol. The molecule has 114 valence electrons. The Morgan fingerprint density at radius 3 is 2.73 bits per heavy atom. The number of likely N-dealkylation sites (tertiary alicyclic amines) is 1. The molecule has 0 saturated carbocycles. The number of rotatable bonds is 5. The molecule has 1 aliphatic rings. The summed E-state index contributed by atoms with van der Waals surface area (Å²) in [6.45, 7) is 0.176. The summed E-state index contributed by atoms with van der Waals surface area (Å²) in [6, 6.07) is 3.84. The molecule has 2 aromatic heterocycles. The van der Waals surface area contributed by atoms with Gasteiger partial charge in [-0.1, -0.05) is 0 Å². The first-order chi connectivity index (χ1) is 10.6. The third kappa shape index (κ3) is 3.09. The summed E-state index contributed by atoms with van der Waals surface area (Å²) in [4.78, 5) is 36.7.